The lowest BCUT2D eigenvalue weighted by atomic mass is 9.94. The highest BCUT2D eigenvalue weighted by Gasteiger charge is 2.37. The molecule has 2 aromatic carbocycles. The second-order valence-corrected chi connectivity index (χ2v) is 5.84. The third-order valence-corrected chi connectivity index (χ3v) is 4.30. The van der Waals surface area contributed by atoms with Crippen molar-refractivity contribution in [2.45, 2.75) is 18.6 Å². The van der Waals surface area contributed by atoms with Crippen molar-refractivity contribution in [1.82, 2.24) is 10.2 Å². The predicted molar refractivity (Wildman–Crippen MR) is 90.7 cm³/mol. The van der Waals surface area contributed by atoms with Crippen molar-refractivity contribution in [3.63, 3.8) is 0 Å². The Kier molecular flexibility index (Phi) is 5.96. The van der Waals surface area contributed by atoms with Crippen molar-refractivity contribution in [3.05, 3.63) is 42.0 Å². The molecule has 7 heteroatoms. The molecule has 1 heterocycles. The number of alkyl halides is 3. The quantitative estimate of drug-likeness (QED) is 0.872. The van der Waals surface area contributed by atoms with E-state index in [2.05, 4.69) is 5.32 Å². The first kappa shape index (κ1) is 18.8. The van der Waals surface area contributed by atoms with Crippen molar-refractivity contribution in [2.75, 3.05) is 26.2 Å². The molecule has 1 fully saturated rings. The van der Waals surface area contributed by atoms with Gasteiger partial charge < -0.3 is 10.4 Å². The molecule has 0 saturated carbocycles. The van der Waals surface area contributed by atoms with Crippen LogP contribution in [0, 0.1) is 0 Å². The summed E-state index contributed by atoms with van der Waals surface area (Å²) in [6.45, 7) is 2.37. The van der Waals surface area contributed by atoms with Crippen molar-refractivity contribution < 1.29 is 18.3 Å². The Morgan fingerprint density at radius 2 is 1.75 bits per heavy atom. The zero-order valence-electron chi connectivity index (χ0n) is 13.0. The van der Waals surface area contributed by atoms with Crippen LogP contribution in [0.5, 0.6) is 5.75 Å². The summed E-state index contributed by atoms with van der Waals surface area (Å²) in [5.41, 5.74) is 0.377. The van der Waals surface area contributed by atoms with E-state index < -0.39 is 18.6 Å². The van der Waals surface area contributed by atoms with Gasteiger partial charge in [0, 0.05) is 37.8 Å². The minimum atomic E-state index is -4.29. The van der Waals surface area contributed by atoms with Crippen molar-refractivity contribution in [3.8, 4) is 5.75 Å². The topological polar surface area (TPSA) is 35.5 Å². The average Bonchev–Trinajstić information content (AvgIpc) is 2.53. The van der Waals surface area contributed by atoms with Crippen molar-refractivity contribution in [2.24, 2.45) is 0 Å². The summed E-state index contributed by atoms with van der Waals surface area (Å²) in [5, 5.41) is 15.0. The first-order chi connectivity index (χ1) is 11.0. The predicted octanol–water partition coefficient (Wildman–Crippen LogP) is 3.87. The van der Waals surface area contributed by atoms with Gasteiger partial charge in [-0.25, -0.2) is 0 Å². The Morgan fingerprint density at radius 1 is 1.08 bits per heavy atom. The molecule has 0 bridgehead atoms. The van der Waals surface area contributed by atoms with E-state index in [1.165, 1.54) is 6.07 Å². The van der Waals surface area contributed by atoms with Gasteiger partial charge in [-0.15, -0.1) is 12.4 Å². The van der Waals surface area contributed by atoms with Gasteiger partial charge in [0.2, 0.25) is 0 Å². The maximum atomic E-state index is 13.2. The van der Waals surface area contributed by atoms with E-state index in [9.17, 15) is 18.3 Å². The molecule has 3 nitrogen and oxygen atoms in total. The minimum absolute atomic E-state index is 0. The van der Waals surface area contributed by atoms with Gasteiger partial charge in [0.15, 0.2) is 0 Å². The normalized spacial score (nSPS) is 17.5. The summed E-state index contributed by atoms with van der Waals surface area (Å²) in [7, 11) is 0. The number of nitrogens with one attached hydrogen (secondary N) is 1. The SMILES string of the molecule is Cl.Oc1ccc2ccccc2c1[C@H](CC(F)(F)F)N1CCNCC1. The van der Waals surface area contributed by atoms with Gasteiger partial charge in [-0.2, -0.15) is 13.2 Å². The molecule has 0 amide bonds. The summed E-state index contributed by atoms with van der Waals surface area (Å²) >= 11 is 0. The summed E-state index contributed by atoms with van der Waals surface area (Å²) in [4.78, 5) is 1.81. The molecule has 24 heavy (non-hydrogen) atoms. The van der Waals surface area contributed by atoms with Crippen molar-refractivity contribution in [1.29, 1.82) is 0 Å². The van der Waals surface area contributed by atoms with Crippen LogP contribution in [0.15, 0.2) is 36.4 Å². The molecular weight excluding hydrogens is 341 g/mol. The van der Waals surface area contributed by atoms with Gasteiger partial charge in [-0.3, -0.25) is 4.90 Å². The van der Waals surface area contributed by atoms with Crippen LogP contribution in [0.2, 0.25) is 0 Å². The van der Waals surface area contributed by atoms with Gasteiger partial charge >= 0.3 is 6.18 Å². The number of phenols is 1. The summed E-state index contributed by atoms with van der Waals surface area (Å²) < 4.78 is 39.5. The van der Waals surface area contributed by atoms with E-state index in [1.54, 1.807) is 18.2 Å². The molecule has 3 rings (SSSR count). The molecule has 1 aliphatic heterocycles. The van der Waals surface area contributed by atoms with Gasteiger partial charge in [-0.05, 0) is 16.8 Å². The maximum absolute atomic E-state index is 13.2. The number of hydrogen-bond acceptors (Lipinski definition) is 3. The summed E-state index contributed by atoms with van der Waals surface area (Å²) in [6.07, 6.45) is -5.26. The monoisotopic (exact) mass is 360 g/mol. The van der Waals surface area contributed by atoms with E-state index in [-0.39, 0.29) is 18.2 Å². The highest BCUT2D eigenvalue weighted by molar-refractivity contribution is 5.88. The molecule has 0 aliphatic carbocycles. The standard InChI is InChI=1S/C17H19F3N2O.ClH/c18-17(19,20)11-14(22-9-7-21-8-10-22)16-13-4-2-1-3-12(13)5-6-15(16)23;/h1-6,14,21,23H,7-11H2;1H/t14-;/m0./s1. The first-order valence-corrected chi connectivity index (χ1v) is 7.68. The molecule has 0 unspecified atom stereocenters. The third kappa shape index (κ3) is 4.12. The van der Waals surface area contributed by atoms with Gasteiger partial charge in [0.25, 0.3) is 0 Å². The Bertz CT molecular complexity index is 687. The third-order valence-electron chi connectivity index (χ3n) is 4.30. The van der Waals surface area contributed by atoms with Crippen LogP contribution in [-0.2, 0) is 0 Å². The van der Waals surface area contributed by atoms with Crippen LogP contribution >= 0.6 is 12.4 Å². The zero-order valence-corrected chi connectivity index (χ0v) is 13.8. The van der Waals surface area contributed by atoms with Crippen molar-refractivity contribution >= 4 is 23.2 Å². The molecule has 0 spiro atoms. The average molecular weight is 361 g/mol. The second kappa shape index (κ2) is 7.59. The van der Waals surface area contributed by atoms with Gasteiger partial charge in [0.1, 0.15) is 5.75 Å². The zero-order chi connectivity index (χ0) is 16.4. The lowest BCUT2D eigenvalue weighted by Crippen LogP contribution is -2.46. The largest absolute Gasteiger partial charge is 0.508 e. The highest BCUT2D eigenvalue weighted by Crippen LogP contribution is 2.41. The molecule has 0 aromatic heterocycles. The number of halogens is 4. The van der Waals surface area contributed by atoms with E-state index >= 15 is 0 Å². The summed E-state index contributed by atoms with van der Waals surface area (Å²) in [6, 6.07) is 9.60. The highest BCUT2D eigenvalue weighted by atomic mass is 35.5. The molecule has 1 saturated heterocycles. The molecule has 2 N–H and O–H groups in total. The van der Waals surface area contributed by atoms with Crippen LogP contribution in [0.25, 0.3) is 10.8 Å². The van der Waals surface area contributed by atoms with E-state index in [4.69, 9.17) is 0 Å². The van der Waals surface area contributed by atoms with E-state index in [1.807, 2.05) is 17.0 Å². The lowest BCUT2D eigenvalue weighted by Gasteiger charge is -2.36. The number of hydrogen-bond donors (Lipinski definition) is 2. The van der Waals surface area contributed by atoms with Crippen LogP contribution in [0.4, 0.5) is 13.2 Å². The molecule has 0 radical (unpaired) electrons. The lowest BCUT2D eigenvalue weighted by molar-refractivity contribution is -0.148. The molecule has 2 aromatic rings. The first-order valence-electron chi connectivity index (χ1n) is 7.68. The van der Waals surface area contributed by atoms with Gasteiger partial charge in [-0.1, -0.05) is 30.3 Å². The smallest absolute Gasteiger partial charge is 0.390 e. The van der Waals surface area contributed by atoms with Crippen LogP contribution in [0.3, 0.4) is 0 Å². The number of aromatic hydroxyl groups is 1. The van der Waals surface area contributed by atoms with Gasteiger partial charge in [0.05, 0.1) is 6.42 Å². The molecule has 1 aliphatic rings. The fraction of sp³-hybridized carbons (Fsp3) is 0.412. The molecule has 1 atom stereocenters. The van der Waals surface area contributed by atoms with Crippen LogP contribution in [-0.4, -0.2) is 42.4 Å². The second-order valence-electron chi connectivity index (χ2n) is 5.84. The summed E-state index contributed by atoms with van der Waals surface area (Å²) in [5.74, 6) is -0.0727. The Labute approximate surface area is 144 Å². The Balaban J connectivity index is 0.00000208. The van der Waals surface area contributed by atoms with E-state index in [0.717, 1.165) is 5.39 Å². The van der Waals surface area contributed by atoms with E-state index in [0.29, 0.717) is 37.1 Å². The fourth-order valence-electron chi connectivity index (χ4n) is 3.26. The number of phenolic OH excluding ortho intramolecular Hbond substituents is 1. The Morgan fingerprint density at radius 3 is 2.42 bits per heavy atom. The van der Waals surface area contributed by atoms with Crippen LogP contribution < -0.4 is 5.32 Å². The molecule has 132 valence electrons. The number of piperazine rings is 1. The molecular formula is C17H20ClF3N2O. The number of benzene rings is 2. The fourth-order valence-corrected chi connectivity index (χ4v) is 3.26. The Hall–Kier alpha value is -1.50. The number of rotatable bonds is 3. The number of fused-ring (bicyclic) bond motifs is 1. The van der Waals surface area contributed by atoms with Crippen LogP contribution in [0.1, 0.15) is 18.0 Å². The number of nitrogens with zero attached hydrogens (tertiary/aromatic N) is 1. The minimum Gasteiger partial charge on any atom is -0.508 e. The maximum Gasteiger partial charge on any atom is 0.390 e.